The van der Waals surface area contributed by atoms with Gasteiger partial charge in [-0.3, -0.25) is 9.52 Å². The van der Waals surface area contributed by atoms with Crippen molar-refractivity contribution in [3.8, 4) is 17.2 Å². The van der Waals surface area contributed by atoms with E-state index < -0.39 is 15.9 Å². The van der Waals surface area contributed by atoms with Gasteiger partial charge in [-0.15, -0.1) is 0 Å². The maximum atomic E-state index is 12.8. The summed E-state index contributed by atoms with van der Waals surface area (Å²) in [5.74, 6) is 0.419. The highest BCUT2D eigenvalue weighted by atomic mass is 32.2. The molecule has 1 aliphatic heterocycles. The van der Waals surface area contributed by atoms with E-state index in [0.29, 0.717) is 36.0 Å². The van der Waals surface area contributed by atoms with Crippen molar-refractivity contribution in [3.63, 3.8) is 0 Å². The number of hydrogen-bond acceptors (Lipinski definition) is 6. The molecule has 9 heteroatoms. The number of phenolic OH excluding ortho intramolecular Hbond substituents is 1. The molecule has 0 spiro atoms. The topological polar surface area (TPSA) is 114 Å². The molecule has 0 radical (unpaired) electrons. The molecule has 1 aliphatic rings. The minimum Gasteiger partial charge on any atom is -0.506 e. The lowest BCUT2D eigenvalue weighted by Gasteiger charge is -2.12. The quantitative estimate of drug-likeness (QED) is 0.523. The number of carbonyl (C=O) groups excluding carboxylic acids is 1. The van der Waals surface area contributed by atoms with E-state index in [0.717, 1.165) is 6.42 Å². The lowest BCUT2D eigenvalue weighted by Crippen LogP contribution is -2.14. The maximum Gasteiger partial charge on any atom is 0.262 e. The summed E-state index contributed by atoms with van der Waals surface area (Å²) in [7, 11) is -3.87. The minimum atomic E-state index is -3.87. The standard InChI is InChI=1S/C22H20N2O6S/c25-19-5-2-1-4-18(19)23-22(26)15-6-8-16(9-7-15)24-31(27,28)17-10-11-20-21(14-17)30-13-3-12-29-20/h1-2,4-11,14,24-25H,3,12-13H2,(H,23,26). The van der Waals surface area contributed by atoms with E-state index in [2.05, 4.69) is 10.0 Å². The summed E-state index contributed by atoms with van der Waals surface area (Å²) < 4.78 is 39.1. The second-order valence-electron chi connectivity index (χ2n) is 6.81. The Bertz CT molecular complexity index is 1210. The number of benzene rings is 3. The van der Waals surface area contributed by atoms with Crippen LogP contribution in [0, 0.1) is 0 Å². The van der Waals surface area contributed by atoms with Crippen molar-refractivity contribution < 1.29 is 27.8 Å². The SMILES string of the molecule is O=C(Nc1ccccc1O)c1ccc(NS(=O)(=O)c2ccc3c(c2)OCCCO3)cc1. The van der Waals surface area contributed by atoms with Crippen LogP contribution in [-0.2, 0) is 10.0 Å². The van der Waals surface area contributed by atoms with Gasteiger partial charge in [0, 0.05) is 23.7 Å². The number of ether oxygens (including phenoxy) is 2. The highest BCUT2D eigenvalue weighted by Gasteiger charge is 2.19. The Morgan fingerprint density at radius 3 is 2.35 bits per heavy atom. The van der Waals surface area contributed by atoms with Crippen molar-refractivity contribution in [2.45, 2.75) is 11.3 Å². The first-order chi connectivity index (χ1) is 14.9. The molecular weight excluding hydrogens is 420 g/mol. The Kier molecular flexibility index (Phi) is 5.68. The Balaban J connectivity index is 1.47. The van der Waals surface area contributed by atoms with Gasteiger partial charge in [0.25, 0.3) is 15.9 Å². The molecule has 0 saturated heterocycles. The van der Waals surface area contributed by atoms with Crippen molar-refractivity contribution >= 4 is 27.3 Å². The molecule has 31 heavy (non-hydrogen) atoms. The van der Waals surface area contributed by atoms with Gasteiger partial charge < -0.3 is 19.9 Å². The van der Waals surface area contributed by atoms with E-state index in [-0.39, 0.29) is 16.3 Å². The van der Waals surface area contributed by atoms with Gasteiger partial charge in [-0.05, 0) is 48.5 Å². The zero-order chi connectivity index (χ0) is 21.8. The fourth-order valence-corrected chi connectivity index (χ4v) is 4.06. The summed E-state index contributed by atoms with van der Waals surface area (Å²) in [6.07, 6.45) is 0.721. The van der Waals surface area contributed by atoms with E-state index in [1.165, 1.54) is 42.5 Å². The second kappa shape index (κ2) is 8.57. The number of anilines is 2. The third-order valence-corrected chi connectivity index (χ3v) is 5.96. The molecule has 0 aromatic heterocycles. The first-order valence-electron chi connectivity index (χ1n) is 9.54. The molecule has 3 aromatic carbocycles. The largest absolute Gasteiger partial charge is 0.506 e. The lowest BCUT2D eigenvalue weighted by atomic mass is 10.2. The molecule has 8 nitrogen and oxygen atoms in total. The molecule has 0 aliphatic carbocycles. The molecule has 0 atom stereocenters. The highest BCUT2D eigenvalue weighted by Crippen LogP contribution is 2.32. The van der Waals surface area contributed by atoms with Crippen molar-refractivity contribution in [2.75, 3.05) is 23.3 Å². The van der Waals surface area contributed by atoms with Crippen LogP contribution in [0.3, 0.4) is 0 Å². The average Bonchev–Trinajstić information content (AvgIpc) is 3.00. The van der Waals surface area contributed by atoms with E-state index in [1.807, 2.05) is 0 Å². The summed E-state index contributed by atoms with van der Waals surface area (Å²) in [5.41, 5.74) is 0.889. The number of hydrogen-bond donors (Lipinski definition) is 3. The number of amides is 1. The summed E-state index contributed by atoms with van der Waals surface area (Å²) >= 11 is 0. The van der Waals surface area contributed by atoms with Gasteiger partial charge in [-0.25, -0.2) is 8.42 Å². The number of phenols is 1. The number of nitrogens with one attached hydrogen (secondary N) is 2. The van der Waals surface area contributed by atoms with Crippen LogP contribution in [0.25, 0.3) is 0 Å². The van der Waals surface area contributed by atoms with Gasteiger partial charge >= 0.3 is 0 Å². The van der Waals surface area contributed by atoms with E-state index in [1.54, 1.807) is 24.3 Å². The van der Waals surface area contributed by atoms with Crippen molar-refractivity contribution in [1.82, 2.24) is 0 Å². The second-order valence-corrected chi connectivity index (χ2v) is 8.50. The highest BCUT2D eigenvalue weighted by molar-refractivity contribution is 7.92. The average molecular weight is 440 g/mol. The molecule has 0 bridgehead atoms. The van der Waals surface area contributed by atoms with Gasteiger partial charge in [0.15, 0.2) is 11.5 Å². The number of fused-ring (bicyclic) bond motifs is 1. The number of para-hydroxylation sites is 2. The number of aromatic hydroxyl groups is 1. The Labute approximate surface area is 179 Å². The van der Waals surface area contributed by atoms with Gasteiger partial charge in [0.1, 0.15) is 5.75 Å². The van der Waals surface area contributed by atoms with Crippen LogP contribution in [0.2, 0.25) is 0 Å². The normalized spacial score (nSPS) is 13.2. The molecule has 0 fully saturated rings. The van der Waals surface area contributed by atoms with E-state index >= 15 is 0 Å². The van der Waals surface area contributed by atoms with E-state index in [9.17, 15) is 18.3 Å². The van der Waals surface area contributed by atoms with Crippen molar-refractivity contribution in [3.05, 3.63) is 72.3 Å². The summed E-state index contributed by atoms with van der Waals surface area (Å²) in [6.45, 7) is 0.968. The molecule has 1 amide bonds. The molecule has 160 valence electrons. The third-order valence-electron chi connectivity index (χ3n) is 4.58. The zero-order valence-corrected chi connectivity index (χ0v) is 17.2. The molecule has 3 aromatic rings. The van der Waals surface area contributed by atoms with Crippen LogP contribution >= 0.6 is 0 Å². The summed E-state index contributed by atoms with van der Waals surface area (Å²) in [4.78, 5) is 12.4. The summed E-state index contributed by atoms with van der Waals surface area (Å²) in [5, 5.41) is 12.4. The maximum absolute atomic E-state index is 12.8. The number of rotatable bonds is 5. The molecular formula is C22H20N2O6S. The Morgan fingerprint density at radius 1 is 0.903 bits per heavy atom. The molecule has 1 heterocycles. The monoisotopic (exact) mass is 440 g/mol. The van der Waals surface area contributed by atoms with Gasteiger partial charge in [-0.2, -0.15) is 0 Å². The zero-order valence-electron chi connectivity index (χ0n) is 16.4. The van der Waals surface area contributed by atoms with Crippen LogP contribution in [-0.4, -0.2) is 32.6 Å². The van der Waals surface area contributed by atoms with Crippen LogP contribution in [0.1, 0.15) is 16.8 Å². The molecule has 3 N–H and O–H groups in total. The smallest absolute Gasteiger partial charge is 0.262 e. The third kappa shape index (κ3) is 4.72. The fourth-order valence-electron chi connectivity index (χ4n) is 2.99. The molecule has 0 saturated carbocycles. The van der Waals surface area contributed by atoms with E-state index in [4.69, 9.17) is 9.47 Å². The first-order valence-corrected chi connectivity index (χ1v) is 11.0. The van der Waals surface area contributed by atoms with Gasteiger partial charge in [0.2, 0.25) is 0 Å². The fraction of sp³-hybridized carbons (Fsp3) is 0.136. The van der Waals surface area contributed by atoms with Crippen LogP contribution in [0.4, 0.5) is 11.4 Å². The summed E-state index contributed by atoms with van der Waals surface area (Å²) in [6, 6.07) is 16.8. The molecule has 4 rings (SSSR count). The van der Waals surface area contributed by atoms with Crippen LogP contribution < -0.4 is 19.5 Å². The lowest BCUT2D eigenvalue weighted by molar-refractivity contribution is 0.102. The van der Waals surface area contributed by atoms with Crippen LogP contribution in [0.15, 0.2) is 71.6 Å². The predicted molar refractivity (Wildman–Crippen MR) is 115 cm³/mol. The van der Waals surface area contributed by atoms with Crippen molar-refractivity contribution in [1.29, 1.82) is 0 Å². The van der Waals surface area contributed by atoms with Gasteiger partial charge in [-0.1, -0.05) is 12.1 Å². The minimum absolute atomic E-state index is 0.0399. The predicted octanol–water partition coefficient (Wildman–Crippen LogP) is 3.61. The Morgan fingerprint density at radius 2 is 1.61 bits per heavy atom. The Hall–Kier alpha value is -3.72. The number of sulfonamides is 1. The van der Waals surface area contributed by atoms with Gasteiger partial charge in [0.05, 0.1) is 23.8 Å². The van der Waals surface area contributed by atoms with Crippen molar-refractivity contribution in [2.24, 2.45) is 0 Å². The van der Waals surface area contributed by atoms with Crippen LogP contribution in [0.5, 0.6) is 17.2 Å². The first kappa shape index (κ1) is 20.5. The number of carbonyl (C=O) groups is 1. The molecule has 0 unspecified atom stereocenters.